The van der Waals surface area contributed by atoms with Gasteiger partial charge < -0.3 is 9.84 Å². The number of nitrogens with zero attached hydrogens (tertiary/aromatic N) is 1. The van der Waals surface area contributed by atoms with Crippen LogP contribution >= 0.6 is 0 Å². The molecule has 2 rings (SSSR count). The van der Waals surface area contributed by atoms with Crippen LogP contribution in [-0.2, 0) is 6.61 Å². The average molecular weight is 239 g/mol. The van der Waals surface area contributed by atoms with Gasteiger partial charge in [-0.05, 0) is 31.2 Å². The fraction of sp³-hybridized carbons (Fsp3) is 0.615. The van der Waals surface area contributed by atoms with Crippen LogP contribution < -0.4 is 4.74 Å². The number of aromatic nitrogens is 1. The van der Waals surface area contributed by atoms with Crippen LogP contribution in [-0.4, -0.2) is 16.2 Å². The maximum Gasteiger partial charge on any atom is 0.251 e. The largest absolute Gasteiger partial charge is 0.472 e. The monoisotopic (exact) mass is 239 g/mol. The molecule has 4 heteroatoms. The van der Waals surface area contributed by atoms with Crippen molar-refractivity contribution in [3.8, 4) is 5.88 Å². The van der Waals surface area contributed by atoms with E-state index in [4.69, 9.17) is 9.84 Å². The summed E-state index contributed by atoms with van der Waals surface area (Å²) in [6, 6.07) is 1.46. The van der Waals surface area contributed by atoms with Crippen molar-refractivity contribution in [2.45, 2.75) is 45.3 Å². The summed E-state index contributed by atoms with van der Waals surface area (Å²) >= 11 is 0. The standard InChI is InChI=1S/C13H18FNO2/c1-9-3-2-4-11(7-9)17-13-12(14)10(8-16)5-6-15-13/h5-6,9,11,16H,2-4,7-8H2,1H3. The van der Waals surface area contributed by atoms with Crippen molar-refractivity contribution in [3.63, 3.8) is 0 Å². The van der Waals surface area contributed by atoms with Crippen LogP contribution in [0.2, 0.25) is 0 Å². The van der Waals surface area contributed by atoms with Crippen LogP contribution in [0, 0.1) is 11.7 Å². The normalized spacial score (nSPS) is 24.6. The molecule has 17 heavy (non-hydrogen) atoms. The van der Waals surface area contributed by atoms with E-state index in [1.54, 1.807) is 0 Å². The Balaban J connectivity index is 2.07. The number of pyridine rings is 1. The molecule has 1 fully saturated rings. The number of aliphatic hydroxyl groups is 1. The minimum atomic E-state index is -0.534. The number of aliphatic hydroxyl groups excluding tert-OH is 1. The quantitative estimate of drug-likeness (QED) is 0.881. The third-order valence-electron chi connectivity index (χ3n) is 3.27. The van der Waals surface area contributed by atoms with Gasteiger partial charge in [-0.15, -0.1) is 0 Å². The summed E-state index contributed by atoms with van der Waals surface area (Å²) in [7, 11) is 0. The van der Waals surface area contributed by atoms with E-state index in [9.17, 15) is 4.39 Å². The molecule has 0 aliphatic heterocycles. The van der Waals surface area contributed by atoms with E-state index in [1.807, 2.05) is 0 Å². The third kappa shape index (κ3) is 2.94. The van der Waals surface area contributed by atoms with Gasteiger partial charge in [-0.25, -0.2) is 9.37 Å². The Labute approximate surface area is 101 Å². The SMILES string of the molecule is CC1CCCC(Oc2nccc(CO)c2F)C1. The first-order valence-electron chi connectivity index (χ1n) is 6.11. The van der Waals surface area contributed by atoms with Gasteiger partial charge in [0, 0.05) is 11.8 Å². The molecule has 1 aromatic heterocycles. The first kappa shape index (κ1) is 12.3. The van der Waals surface area contributed by atoms with Crippen molar-refractivity contribution < 1.29 is 14.2 Å². The summed E-state index contributed by atoms with van der Waals surface area (Å²) in [6.07, 6.45) is 5.75. The third-order valence-corrected chi connectivity index (χ3v) is 3.27. The van der Waals surface area contributed by atoms with Gasteiger partial charge >= 0.3 is 0 Å². The molecule has 0 aromatic carbocycles. The molecule has 1 aliphatic carbocycles. The predicted molar refractivity (Wildman–Crippen MR) is 62.2 cm³/mol. The first-order valence-corrected chi connectivity index (χ1v) is 6.11. The van der Waals surface area contributed by atoms with E-state index in [0.717, 1.165) is 19.3 Å². The molecule has 3 nitrogen and oxygen atoms in total. The van der Waals surface area contributed by atoms with Crippen LogP contribution in [0.5, 0.6) is 5.88 Å². The first-order chi connectivity index (χ1) is 8.20. The van der Waals surface area contributed by atoms with Crippen LogP contribution in [0.1, 0.15) is 38.2 Å². The lowest BCUT2D eigenvalue weighted by molar-refractivity contribution is 0.117. The van der Waals surface area contributed by atoms with Crippen LogP contribution in [0.3, 0.4) is 0 Å². The molecule has 2 atom stereocenters. The van der Waals surface area contributed by atoms with Gasteiger partial charge in [-0.2, -0.15) is 0 Å². The Bertz CT molecular complexity index is 384. The van der Waals surface area contributed by atoms with Gasteiger partial charge in [0.25, 0.3) is 5.88 Å². The van der Waals surface area contributed by atoms with Crippen LogP contribution in [0.4, 0.5) is 4.39 Å². The molecule has 0 spiro atoms. The molecule has 0 amide bonds. The highest BCUT2D eigenvalue weighted by atomic mass is 19.1. The molecule has 0 bridgehead atoms. The predicted octanol–water partition coefficient (Wildman–Crippen LogP) is 2.67. The maximum atomic E-state index is 13.8. The van der Waals surface area contributed by atoms with Crippen molar-refractivity contribution in [2.24, 2.45) is 5.92 Å². The van der Waals surface area contributed by atoms with Gasteiger partial charge in [-0.1, -0.05) is 13.3 Å². The Morgan fingerprint density at radius 3 is 3.06 bits per heavy atom. The minimum Gasteiger partial charge on any atom is -0.472 e. The maximum absolute atomic E-state index is 13.8. The van der Waals surface area contributed by atoms with Gasteiger partial charge in [0.05, 0.1) is 6.61 Å². The second kappa shape index (κ2) is 5.45. The second-order valence-electron chi connectivity index (χ2n) is 4.76. The van der Waals surface area contributed by atoms with Crippen LogP contribution in [0.15, 0.2) is 12.3 Å². The zero-order chi connectivity index (χ0) is 12.3. The molecule has 1 saturated carbocycles. The van der Waals surface area contributed by atoms with Crippen molar-refractivity contribution in [3.05, 3.63) is 23.6 Å². The highest BCUT2D eigenvalue weighted by Crippen LogP contribution is 2.28. The molecule has 2 unspecified atom stereocenters. The molecule has 0 saturated heterocycles. The van der Waals surface area contributed by atoms with Crippen molar-refractivity contribution >= 4 is 0 Å². The Kier molecular flexibility index (Phi) is 3.94. The summed E-state index contributed by atoms with van der Waals surface area (Å²) in [5, 5.41) is 8.97. The van der Waals surface area contributed by atoms with Gasteiger partial charge in [0.2, 0.25) is 0 Å². The van der Waals surface area contributed by atoms with E-state index >= 15 is 0 Å². The fourth-order valence-corrected chi connectivity index (χ4v) is 2.31. The zero-order valence-electron chi connectivity index (χ0n) is 10.0. The lowest BCUT2D eigenvalue weighted by atomic mass is 9.89. The van der Waals surface area contributed by atoms with Crippen molar-refractivity contribution in [1.29, 1.82) is 0 Å². The van der Waals surface area contributed by atoms with E-state index < -0.39 is 5.82 Å². The van der Waals surface area contributed by atoms with Crippen molar-refractivity contribution in [2.75, 3.05) is 0 Å². The number of hydrogen-bond acceptors (Lipinski definition) is 3. The molecule has 1 N–H and O–H groups in total. The van der Waals surface area contributed by atoms with Gasteiger partial charge in [0.15, 0.2) is 5.82 Å². The van der Waals surface area contributed by atoms with E-state index in [0.29, 0.717) is 5.92 Å². The summed E-state index contributed by atoms with van der Waals surface area (Å²) in [6.45, 7) is 1.86. The van der Waals surface area contributed by atoms with E-state index in [2.05, 4.69) is 11.9 Å². The molecular weight excluding hydrogens is 221 g/mol. The van der Waals surface area contributed by atoms with Gasteiger partial charge in [0.1, 0.15) is 6.10 Å². The molecule has 0 radical (unpaired) electrons. The lowest BCUT2D eigenvalue weighted by Crippen LogP contribution is -2.25. The molecule has 1 aliphatic rings. The number of hydrogen-bond donors (Lipinski definition) is 1. The minimum absolute atomic E-state index is 0.0238. The number of rotatable bonds is 3. The highest BCUT2D eigenvalue weighted by Gasteiger charge is 2.22. The van der Waals surface area contributed by atoms with Crippen LogP contribution in [0.25, 0.3) is 0 Å². The molecule has 1 aromatic rings. The Hall–Kier alpha value is -1.16. The molecular formula is C13H18FNO2. The Morgan fingerprint density at radius 1 is 1.53 bits per heavy atom. The molecule has 94 valence electrons. The van der Waals surface area contributed by atoms with E-state index in [1.165, 1.54) is 18.7 Å². The van der Waals surface area contributed by atoms with E-state index in [-0.39, 0.29) is 24.2 Å². The second-order valence-corrected chi connectivity index (χ2v) is 4.76. The number of halogens is 1. The average Bonchev–Trinajstić information content (AvgIpc) is 2.32. The Morgan fingerprint density at radius 2 is 2.35 bits per heavy atom. The topological polar surface area (TPSA) is 42.4 Å². The highest BCUT2D eigenvalue weighted by molar-refractivity contribution is 5.23. The smallest absolute Gasteiger partial charge is 0.251 e. The summed E-state index contributed by atoms with van der Waals surface area (Å²) < 4.78 is 19.4. The molecule has 1 heterocycles. The van der Waals surface area contributed by atoms with Gasteiger partial charge in [-0.3, -0.25) is 0 Å². The summed E-state index contributed by atoms with van der Waals surface area (Å²) in [5.74, 6) is 0.113. The lowest BCUT2D eigenvalue weighted by Gasteiger charge is -2.27. The number of ether oxygens (including phenoxy) is 1. The van der Waals surface area contributed by atoms with Crippen molar-refractivity contribution in [1.82, 2.24) is 4.98 Å². The zero-order valence-corrected chi connectivity index (χ0v) is 10.0. The summed E-state index contributed by atoms with van der Waals surface area (Å²) in [5.41, 5.74) is 0.235. The fourth-order valence-electron chi connectivity index (χ4n) is 2.31. The summed E-state index contributed by atoms with van der Waals surface area (Å²) in [4.78, 5) is 3.90.